The maximum Gasteiger partial charge on any atom is 0.245 e. The van der Waals surface area contributed by atoms with E-state index in [0.29, 0.717) is 58.1 Å². The minimum absolute atomic E-state index is 0.0534. The molecule has 3 heterocycles. The summed E-state index contributed by atoms with van der Waals surface area (Å²) in [6.45, 7) is 2.34. The van der Waals surface area contributed by atoms with Crippen molar-refractivity contribution in [3.8, 4) is 28.3 Å². The van der Waals surface area contributed by atoms with Gasteiger partial charge in [0.15, 0.2) is 5.65 Å². The number of amides is 1. The van der Waals surface area contributed by atoms with Gasteiger partial charge >= 0.3 is 0 Å². The van der Waals surface area contributed by atoms with Crippen LogP contribution in [-0.4, -0.2) is 31.8 Å². The molecular weight excluding hydrogens is 612 g/mol. The van der Waals surface area contributed by atoms with E-state index in [4.69, 9.17) is 26.0 Å². The number of rotatable bonds is 7. The molecule has 1 aliphatic heterocycles. The van der Waals surface area contributed by atoms with Gasteiger partial charge in [0.05, 0.1) is 17.7 Å². The molecule has 7 N–H and O–H groups in total. The van der Waals surface area contributed by atoms with Gasteiger partial charge in [0.2, 0.25) is 17.7 Å². The van der Waals surface area contributed by atoms with Gasteiger partial charge < -0.3 is 46.2 Å². The van der Waals surface area contributed by atoms with Crippen LogP contribution < -0.4 is 32.0 Å². The Labute approximate surface area is 273 Å². The minimum atomic E-state index is -1.25. The van der Waals surface area contributed by atoms with Crippen molar-refractivity contribution in [2.45, 2.75) is 20.1 Å². The number of carboxylic acid groups (broad SMARTS) is 1. The molecule has 0 spiro atoms. The first-order valence-corrected chi connectivity index (χ1v) is 14.7. The summed E-state index contributed by atoms with van der Waals surface area (Å²) in [6, 6.07) is 24.7. The van der Waals surface area contributed by atoms with Crippen LogP contribution in [0.2, 0.25) is 0 Å². The van der Waals surface area contributed by atoms with Crippen LogP contribution in [0.5, 0.6) is 5.88 Å². The number of hydrogen-bond donors (Lipinski definition) is 5. The van der Waals surface area contributed by atoms with E-state index < -0.39 is 5.97 Å². The Kier molecular flexibility index (Phi) is 8.66. The Morgan fingerprint density at radius 2 is 1.73 bits per heavy atom. The molecule has 0 saturated carbocycles. The van der Waals surface area contributed by atoms with Crippen molar-refractivity contribution in [3.05, 3.63) is 113 Å². The predicted molar refractivity (Wildman–Crippen MR) is 177 cm³/mol. The monoisotopic (exact) mass is 641 g/mol. The number of benzene rings is 4. The van der Waals surface area contributed by atoms with Crippen LogP contribution in [0, 0.1) is 5.41 Å². The Hall–Kier alpha value is -6.76. The lowest BCUT2D eigenvalue weighted by Gasteiger charge is -2.18. The SMILES string of the molecule is CC(=O)NCc1ccc(COc2nc(N)nc3nc[nH]c23)cc1.N=c1ccc2c(-c3ccccc3C(=O)[O-])c3ccc(N)cc3oc-2c1. The van der Waals surface area contributed by atoms with E-state index in [9.17, 15) is 14.7 Å². The lowest BCUT2D eigenvalue weighted by atomic mass is 9.91. The number of aromatic nitrogens is 4. The first-order chi connectivity index (χ1) is 23.2. The van der Waals surface area contributed by atoms with E-state index in [2.05, 4.69) is 25.3 Å². The van der Waals surface area contributed by atoms with Gasteiger partial charge in [0, 0.05) is 53.4 Å². The van der Waals surface area contributed by atoms with Gasteiger partial charge in [-0.05, 0) is 41.0 Å². The molecule has 0 fully saturated rings. The Morgan fingerprint density at radius 3 is 2.50 bits per heavy atom. The van der Waals surface area contributed by atoms with Gasteiger partial charge in [-0.3, -0.25) is 4.79 Å². The quantitative estimate of drug-likeness (QED) is 0.125. The van der Waals surface area contributed by atoms with Crippen molar-refractivity contribution in [2.24, 2.45) is 0 Å². The van der Waals surface area contributed by atoms with Gasteiger partial charge in [-0.25, -0.2) is 4.98 Å². The number of nitrogens with zero attached hydrogens (tertiary/aromatic N) is 3. The average molecular weight is 642 g/mol. The molecule has 0 bridgehead atoms. The highest BCUT2D eigenvalue weighted by Gasteiger charge is 2.19. The third kappa shape index (κ3) is 6.74. The fourth-order valence-corrected chi connectivity index (χ4v) is 5.13. The molecule has 0 radical (unpaired) electrons. The fourth-order valence-electron chi connectivity index (χ4n) is 5.13. The zero-order valence-corrected chi connectivity index (χ0v) is 25.6. The number of carbonyl (C=O) groups is 2. The molecule has 5 aromatic rings. The summed E-state index contributed by atoms with van der Waals surface area (Å²) in [4.78, 5) is 37.5. The molecule has 48 heavy (non-hydrogen) atoms. The fraction of sp³-hybridized carbons (Fsp3) is 0.0857. The molecule has 2 aromatic heterocycles. The lowest BCUT2D eigenvalue weighted by Crippen LogP contribution is -2.23. The van der Waals surface area contributed by atoms with Gasteiger partial charge in [-0.2, -0.15) is 9.97 Å². The molecule has 0 unspecified atom stereocenters. The molecule has 7 rings (SSSR count). The number of nitrogen functional groups attached to an aromatic ring is 2. The summed E-state index contributed by atoms with van der Waals surface area (Å²) >= 11 is 0. The number of hydrogen-bond acceptors (Lipinski definition) is 11. The number of carbonyl (C=O) groups excluding carboxylic acids is 2. The largest absolute Gasteiger partial charge is 0.545 e. The Morgan fingerprint density at radius 1 is 0.958 bits per heavy atom. The van der Waals surface area contributed by atoms with Crippen LogP contribution >= 0.6 is 0 Å². The molecule has 0 saturated heterocycles. The van der Waals surface area contributed by atoms with E-state index in [1.807, 2.05) is 30.3 Å². The Balaban J connectivity index is 0.000000168. The second-order valence-corrected chi connectivity index (χ2v) is 10.8. The summed E-state index contributed by atoms with van der Waals surface area (Å²) in [5.41, 5.74) is 17.7. The number of anilines is 2. The number of aromatic carboxylic acids is 1. The lowest BCUT2D eigenvalue weighted by molar-refractivity contribution is -0.254. The molecule has 2 aliphatic rings. The van der Waals surface area contributed by atoms with Gasteiger partial charge in [-0.1, -0.05) is 48.5 Å². The van der Waals surface area contributed by atoms with Crippen LogP contribution in [0.25, 0.3) is 44.6 Å². The first-order valence-electron chi connectivity index (χ1n) is 14.7. The van der Waals surface area contributed by atoms with Crippen LogP contribution in [-0.2, 0) is 17.9 Å². The van der Waals surface area contributed by atoms with Crippen molar-refractivity contribution in [1.29, 1.82) is 5.41 Å². The van der Waals surface area contributed by atoms with E-state index in [0.717, 1.165) is 27.6 Å². The van der Waals surface area contributed by atoms with Crippen molar-refractivity contribution in [3.63, 3.8) is 0 Å². The molecule has 13 heteroatoms. The van der Waals surface area contributed by atoms with Gasteiger partial charge in [0.1, 0.15) is 23.5 Å². The first kappa shape index (κ1) is 31.2. The van der Waals surface area contributed by atoms with Gasteiger partial charge in [-0.15, -0.1) is 0 Å². The second kappa shape index (κ2) is 13.3. The summed E-state index contributed by atoms with van der Waals surface area (Å²) in [5, 5.41) is 23.2. The summed E-state index contributed by atoms with van der Waals surface area (Å²) in [6.07, 6.45) is 1.52. The van der Waals surface area contributed by atoms with Crippen molar-refractivity contribution >= 4 is 45.6 Å². The van der Waals surface area contributed by atoms with E-state index in [-0.39, 0.29) is 17.4 Å². The highest BCUT2D eigenvalue weighted by Crippen LogP contribution is 2.41. The molecule has 3 aromatic carbocycles. The Bertz CT molecular complexity index is 2310. The van der Waals surface area contributed by atoms with Crippen LogP contribution in [0.1, 0.15) is 28.4 Å². The van der Waals surface area contributed by atoms with E-state index in [1.165, 1.54) is 19.3 Å². The number of nitrogens with two attached hydrogens (primary N) is 2. The van der Waals surface area contributed by atoms with Crippen molar-refractivity contribution in [1.82, 2.24) is 25.3 Å². The third-order valence-corrected chi connectivity index (χ3v) is 7.37. The van der Waals surface area contributed by atoms with Crippen LogP contribution in [0.15, 0.2) is 95.7 Å². The molecule has 1 aliphatic carbocycles. The highest BCUT2D eigenvalue weighted by molar-refractivity contribution is 6.07. The number of fused-ring (bicyclic) bond motifs is 3. The zero-order chi connectivity index (χ0) is 33.8. The number of aromatic amines is 1. The van der Waals surface area contributed by atoms with Crippen molar-refractivity contribution < 1.29 is 23.8 Å². The summed E-state index contributed by atoms with van der Waals surface area (Å²) < 4.78 is 11.6. The molecule has 0 atom stereocenters. The van der Waals surface area contributed by atoms with E-state index >= 15 is 0 Å². The maximum atomic E-state index is 11.6. The van der Waals surface area contributed by atoms with Crippen LogP contribution in [0.3, 0.4) is 0 Å². The topological polar surface area (TPSA) is 222 Å². The average Bonchev–Trinajstić information content (AvgIpc) is 3.54. The molecule has 240 valence electrons. The second-order valence-electron chi connectivity index (χ2n) is 10.8. The third-order valence-electron chi connectivity index (χ3n) is 7.37. The molecule has 1 amide bonds. The summed E-state index contributed by atoms with van der Waals surface area (Å²) in [5.74, 6) is -0.320. The number of ether oxygens (including phenoxy) is 1. The standard InChI is InChI=1S/C20H14N2O3.C15H16N6O2/c21-11-5-7-15-17(9-11)25-18-10-12(22)6-8-16(18)19(15)13-3-1-2-4-14(13)20(23)24;1-9(22)17-6-10-2-4-11(5-3-10)7-23-14-12-13(19-8-18-12)20-15(16)21-14/h1-10,21H,22H2,(H,23,24);2-5,8H,6-7H2,1H3,(H,17,22)(H3,16,18,19,20,21)/p-1. The zero-order valence-electron chi connectivity index (χ0n) is 25.6. The number of imidazole rings is 1. The number of H-pyrrole nitrogens is 1. The minimum Gasteiger partial charge on any atom is -0.545 e. The summed E-state index contributed by atoms with van der Waals surface area (Å²) in [7, 11) is 0. The van der Waals surface area contributed by atoms with Crippen molar-refractivity contribution in [2.75, 3.05) is 11.5 Å². The number of carboxylic acids is 1. The van der Waals surface area contributed by atoms with Crippen LogP contribution in [0.4, 0.5) is 11.6 Å². The normalized spacial score (nSPS) is 10.9. The van der Waals surface area contributed by atoms with Gasteiger partial charge in [0.25, 0.3) is 0 Å². The smallest absolute Gasteiger partial charge is 0.245 e. The van der Waals surface area contributed by atoms with E-state index in [1.54, 1.807) is 48.5 Å². The highest BCUT2D eigenvalue weighted by atomic mass is 16.5. The number of nitrogens with one attached hydrogen (secondary N) is 3. The predicted octanol–water partition coefficient (Wildman–Crippen LogP) is 3.78. The molecule has 13 nitrogen and oxygen atoms in total. The molecular formula is C35H29N8O5-. The maximum absolute atomic E-state index is 11.6.